The van der Waals surface area contributed by atoms with Crippen molar-refractivity contribution < 1.29 is 22.2 Å². The first-order valence-corrected chi connectivity index (χ1v) is 11.0. The molecular formula is C20H26N4O5S. The molecule has 0 amide bonds. The summed E-state index contributed by atoms with van der Waals surface area (Å²) in [7, 11) is -3.88. The molecule has 162 valence electrons. The van der Waals surface area contributed by atoms with Crippen LogP contribution >= 0.6 is 0 Å². The summed E-state index contributed by atoms with van der Waals surface area (Å²) in [5.74, 6) is 0.569. The summed E-state index contributed by atoms with van der Waals surface area (Å²) >= 11 is 0. The summed E-state index contributed by atoms with van der Waals surface area (Å²) < 4.78 is 36.7. The maximum atomic E-state index is 12.8. The largest absolute Gasteiger partial charge is 0.493 e. The van der Waals surface area contributed by atoms with Crippen molar-refractivity contribution in [2.45, 2.75) is 31.6 Å². The molecule has 1 aliphatic heterocycles. The van der Waals surface area contributed by atoms with Crippen molar-refractivity contribution in [1.82, 2.24) is 0 Å². The Balaban J connectivity index is 1.60. The van der Waals surface area contributed by atoms with E-state index < -0.39 is 15.5 Å². The summed E-state index contributed by atoms with van der Waals surface area (Å²) in [6, 6.07) is 12.7. The van der Waals surface area contributed by atoms with Gasteiger partial charge in [0, 0.05) is 18.2 Å². The molecule has 0 aromatic heterocycles. The highest BCUT2D eigenvalue weighted by molar-refractivity contribution is 7.87. The molecule has 0 fully saturated rings. The normalized spacial score (nSPS) is 15.4. The topological polar surface area (TPSA) is 138 Å². The van der Waals surface area contributed by atoms with E-state index in [-0.39, 0.29) is 18.3 Å². The van der Waals surface area contributed by atoms with Gasteiger partial charge in [0.25, 0.3) is 0 Å². The quantitative estimate of drug-likeness (QED) is 0.179. The van der Waals surface area contributed by atoms with Gasteiger partial charge in [0.05, 0.1) is 6.61 Å². The van der Waals surface area contributed by atoms with E-state index in [0.717, 1.165) is 16.8 Å². The third kappa shape index (κ3) is 5.93. The molecule has 2 aromatic carbocycles. The van der Waals surface area contributed by atoms with Crippen LogP contribution in [0.15, 0.2) is 47.6 Å². The second-order valence-electron chi connectivity index (χ2n) is 6.94. The first kappa shape index (κ1) is 21.6. The van der Waals surface area contributed by atoms with Crippen molar-refractivity contribution in [3.05, 3.63) is 53.6 Å². The fourth-order valence-electron chi connectivity index (χ4n) is 3.10. The summed E-state index contributed by atoms with van der Waals surface area (Å²) in [4.78, 5) is 4.89. The molecule has 2 aromatic rings. The molecule has 0 bridgehead atoms. The maximum absolute atomic E-state index is 12.8. The first-order valence-electron chi connectivity index (χ1n) is 9.56. The minimum atomic E-state index is -3.88. The van der Waals surface area contributed by atoms with E-state index in [4.69, 9.17) is 25.2 Å². The van der Waals surface area contributed by atoms with Crippen LogP contribution in [0.1, 0.15) is 24.0 Å². The second kappa shape index (κ2) is 9.57. The van der Waals surface area contributed by atoms with Crippen molar-refractivity contribution >= 4 is 21.8 Å². The van der Waals surface area contributed by atoms with Crippen LogP contribution in [0.5, 0.6) is 11.5 Å². The Morgan fingerprint density at radius 1 is 1.17 bits per heavy atom. The number of nitrogens with one attached hydrogen (secondary N) is 1. The number of benzene rings is 2. The Hall–Kier alpha value is -3.14. The number of nitrogens with two attached hydrogens (primary N) is 2. The number of guanidine groups is 1. The van der Waals surface area contributed by atoms with Crippen LogP contribution in [0.4, 0.5) is 5.69 Å². The lowest BCUT2D eigenvalue weighted by Crippen LogP contribution is -2.36. The molecule has 0 saturated heterocycles. The average molecular weight is 435 g/mol. The van der Waals surface area contributed by atoms with Gasteiger partial charge in [0.15, 0.2) is 5.37 Å². The Morgan fingerprint density at radius 2 is 1.93 bits per heavy atom. The van der Waals surface area contributed by atoms with Crippen LogP contribution in [-0.2, 0) is 21.4 Å². The van der Waals surface area contributed by atoms with Crippen molar-refractivity contribution in [1.29, 1.82) is 0 Å². The molecule has 1 heterocycles. The third-order valence-corrected chi connectivity index (χ3v) is 5.89. The monoisotopic (exact) mass is 434 g/mol. The number of aryl methyl sites for hydroxylation is 2. The van der Waals surface area contributed by atoms with Crippen LogP contribution in [0.3, 0.4) is 0 Å². The number of hydrogen-bond acceptors (Lipinski definition) is 7. The molecule has 1 unspecified atom stereocenters. The molecule has 0 aliphatic carbocycles. The number of oxime groups is 1. The van der Waals surface area contributed by atoms with Gasteiger partial charge in [0.2, 0.25) is 5.96 Å². The third-order valence-electron chi connectivity index (χ3n) is 4.41. The van der Waals surface area contributed by atoms with Crippen LogP contribution < -0.4 is 25.7 Å². The summed E-state index contributed by atoms with van der Waals surface area (Å²) in [6.07, 6.45) is 1.65. The second-order valence-corrected chi connectivity index (χ2v) is 8.66. The van der Waals surface area contributed by atoms with Gasteiger partial charge in [-0.05, 0) is 54.2 Å². The molecule has 0 radical (unpaired) electrons. The standard InChI is InChI=1S/C20H26N4O5S/c1-14-11-16(27-9-4-10-28-24-20(21)22)13-17(12-14)29-30(25,26)19-8-7-15-5-2-3-6-18(15)23-19/h2-3,5-6,11-13,19,23H,4,7-10H2,1H3,(H4,21,22,24). The molecule has 1 aliphatic rings. The van der Waals surface area contributed by atoms with Crippen LogP contribution in [0.25, 0.3) is 0 Å². The van der Waals surface area contributed by atoms with E-state index >= 15 is 0 Å². The van der Waals surface area contributed by atoms with Gasteiger partial charge >= 0.3 is 10.1 Å². The summed E-state index contributed by atoms with van der Waals surface area (Å²) in [5.41, 5.74) is 13.1. The SMILES string of the molecule is Cc1cc(OCCCON=C(N)N)cc(OS(=O)(=O)C2CCc3ccccc3N2)c1. The van der Waals surface area contributed by atoms with Gasteiger partial charge in [-0.3, -0.25) is 0 Å². The summed E-state index contributed by atoms with van der Waals surface area (Å²) in [5, 5.41) is 5.67. The number of ether oxygens (including phenoxy) is 1. The highest BCUT2D eigenvalue weighted by Gasteiger charge is 2.31. The molecule has 5 N–H and O–H groups in total. The number of rotatable bonds is 9. The highest BCUT2D eigenvalue weighted by Crippen LogP contribution is 2.29. The zero-order valence-corrected chi connectivity index (χ0v) is 17.5. The van der Waals surface area contributed by atoms with Gasteiger partial charge in [-0.25, -0.2) is 0 Å². The lowest BCUT2D eigenvalue weighted by Gasteiger charge is -2.26. The van der Waals surface area contributed by atoms with Crippen molar-refractivity contribution in [3.63, 3.8) is 0 Å². The fourth-order valence-corrected chi connectivity index (χ4v) is 4.26. The lowest BCUT2D eigenvalue weighted by atomic mass is 10.0. The number of para-hydroxylation sites is 1. The number of nitrogens with zero attached hydrogens (tertiary/aromatic N) is 1. The number of fused-ring (bicyclic) bond motifs is 1. The minimum Gasteiger partial charge on any atom is -0.493 e. The fraction of sp³-hybridized carbons (Fsp3) is 0.350. The Morgan fingerprint density at radius 3 is 2.73 bits per heavy atom. The van der Waals surface area contributed by atoms with Crippen molar-refractivity contribution in [2.75, 3.05) is 18.5 Å². The lowest BCUT2D eigenvalue weighted by molar-refractivity contribution is 0.127. The molecule has 9 nitrogen and oxygen atoms in total. The van der Waals surface area contributed by atoms with Gasteiger partial charge in [0.1, 0.15) is 18.1 Å². The van der Waals surface area contributed by atoms with Gasteiger partial charge in [-0.15, -0.1) is 0 Å². The zero-order chi connectivity index (χ0) is 21.6. The Labute approximate surface area is 176 Å². The zero-order valence-electron chi connectivity index (χ0n) is 16.7. The predicted molar refractivity (Wildman–Crippen MR) is 115 cm³/mol. The molecule has 3 rings (SSSR count). The molecule has 1 atom stereocenters. The molecule has 0 saturated carbocycles. The van der Waals surface area contributed by atoms with E-state index in [1.807, 2.05) is 31.2 Å². The smallest absolute Gasteiger partial charge is 0.330 e. The van der Waals surface area contributed by atoms with Crippen LogP contribution in [-0.4, -0.2) is 33.0 Å². The van der Waals surface area contributed by atoms with Gasteiger partial charge < -0.3 is 30.5 Å². The van der Waals surface area contributed by atoms with E-state index in [0.29, 0.717) is 31.6 Å². The molecule has 10 heteroatoms. The molecule has 30 heavy (non-hydrogen) atoms. The molecular weight excluding hydrogens is 408 g/mol. The Bertz CT molecular complexity index is 1010. The number of hydrogen-bond donors (Lipinski definition) is 3. The molecule has 0 spiro atoms. The van der Waals surface area contributed by atoms with Crippen molar-refractivity contribution in [2.24, 2.45) is 16.6 Å². The maximum Gasteiger partial charge on any atom is 0.330 e. The van der Waals surface area contributed by atoms with E-state index in [2.05, 4.69) is 10.5 Å². The van der Waals surface area contributed by atoms with E-state index in [1.165, 1.54) is 0 Å². The first-order chi connectivity index (χ1) is 14.3. The van der Waals surface area contributed by atoms with Crippen molar-refractivity contribution in [3.8, 4) is 11.5 Å². The minimum absolute atomic E-state index is 0.145. The average Bonchev–Trinajstić information content (AvgIpc) is 2.69. The van der Waals surface area contributed by atoms with Crippen LogP contribution in [0.2, 0.25) is 0 Å². The van der Waals surface area contributed by atoms with Gasteiger partial charge in [-0.2, -0.15) is 8.42 Å². The Kier molecular flexibility index (Phi) is 6.88. The highest BCUT2D eigenvalue weighted by atomic mass is 32.2. The van der Waals surface area contributed by atoms with Gasteiger partial charge in [-0.1, -0.05) is 18.2 Å². The van der Waals surface area contributed by atoms with E-state index in [9.17, 15) is 8.42 Å². The predicted octanol–water partition coefficient (Wildman–Crippen LogP) is 2.06. The van der Waals surface area contributed by atoms with E-state index in [1.54, 1.807) is 18.2 Å². The number of anilines is 1. The van der Waals surface area contributed by atoms with Crippen LogP contribution in [0, 0.1) is 6.92 Å². The summed E-state index contributed by atoms with van der Waals surface area (Å²) in [6.45, 7) is 2.47.